The second-order valence-corrected chi connectivity index (χ2v) is 7.14. The zero-order valence-electron chi connectivity index (χ0n) is 13.7. The zero-order valence-corrected chi connectivity index (χ0v) is 14.5. The van der Waals surface area contributed by atoms with Crippen LogP contribution >= 0.6 is 0 Å². The van der Waals surface area contributed by atoms with Crippen molar-refractivity contribution in [1.82, 2.24) is 19.8 Å². The summed E-state index contributed by atoms with van der Waals surface area (Å²) in [7, 11) is -1.65. The maximum atomic E-state index is 12.6. The van der Waals surface area contributed by atoms with E-state index in [0.717, 1.165) is 25.8 Å². The summed E-state index contributed by atoms with van der Waals surface area (Å²) in [4.78, 5) is 0.321. The van der Waals surface area contributed by atoms with Crippen LogP contribution in [0.3, 0.4) is 0 Å². The van der Waals surface area contributed by atoms with Crippen LogP contribution in [-0.4, -0.2) is 37.8 Å². The Kier molecular flexibility index (Phi) is 6.83. The van der Waals surface area contributed by atoms with Crippen LogP contribution in [0.25, 0.3) is 0 Å². The third-order valence-electron chi connectivity index (χ3n) is 3.50. The summed E-state index contributed by atoms with van der Waals surface area (Å²) < 4.78 is 29.6. The van der Waals surface area contributed by atoms with E-state index in [1.807, 2.05) is 14.0 Å². The maximum absolute atomic E-state index is 12.6. The van der Waals surface area contributed by atoms with E-state index in [0.29, 0.717) is 22.8 Å². The molecular formula is C14H28N4O2S. The van der Waals surface area contributed by atoms with Crippen LogP contribution in [0, 0.1) is 13.8 Å². The fourth-order valence-electron chi connectivity index (χ4n) is 2.40. The summed E-state index contributed by atoms with van der Waals surface area (Å²) in [5.74, 6) is 0. The average molecular weight is 316 g/mol. The quantitative estimate of drug-likeness (QED) is 0.725. The Morgan fingerprint density at radius 3 is 2.57 bits per heavy atom. The first-order valence-electron chi connectivity index (χ1n) is 7.54. The van der Waals surface area contributed by atoms with E-state index in [1.54, 1.807) is 18.5 Å². The van der Waals surface area contributed by atoms with Crippen molar-refractivity contribution < 1.29 is 8.42 Å². The third-order valence-corrected chi connectivity index (χ3v) is 5.35. The van der Waals surface area contributed by atoms with Gasteiger partial charge in [0.2, 0.25) is 10.0 Å². The predicted molar refractivity (Wildman–Crippen MR) is 84.9 cm³/mol. The first-order valence-corrected chi connectivity index (χ1v) is 9.02. The van der Waals surface area contributed by atoms with E-state index in [-0.39, 0.29) is 6.04 Å². The SMILES string of the molecule is CCCCC(C)NS(=O)(=O)c1c(C)nn(CCNC)c1C. The molecule has 2 N–H and O–H groups in total. The zero-order chi connectivity index (χ0) is 16.0. The number of likely N-dealkylation sites (N-methyl/N-ethyl adjacent to an activating group) is 1. The Morgan fingerprint density at radius 2 is 2.00 bits per heavy atom. The fourth-order valence-corrected chi connectivity index (χ4v) is 4.09. The lowest BCUT2D eigenvalue weighted by Gasteiger charge is -2.14. The standard InChI is InChI=1S/C14H28N4O2S/c1-6-7-8-11(2)17-21(19,20)14-12(3)16-18(13(14)4)10-9-15-5/h11,15,17H,6-10H2,1-5H3. The topological polar surface area (TPSA) is 76.0 Å². The summed E-state index contributed by atoms with van der Waals surface area (Å²) >= 11 is 0. The molecule has 21 heavy (non-hydrogen) atoms. The smallest absolute Gasteiger partial charge is 0.244 e. The number of rotatable bonds is 9. The number of aryl methyl sites for hydroxylation is 1. The minimum absolute atomic E-state index is 0.0607. The molecule has 6 nitrogen and oxygen atoms in total. The maximum Gasteiger partial charge on any atom is 0.244 e. The number of nitrogens with one attached hydrogen (secondary N) is 2. The molecule has 0 aromatic carbocycles. The number of nitrogens with zero attached hydrogens (tertiary/aromatic N) is 2. The first kappa shape index (κ1) is 18.1. The number of aromatic nitrogens is 2. The molecular weight excluding hydrogens is 288 g/mol. The molecule has 0 bridgehead atoms. The van der Waals surface area contributed by atoms with Crippen LogP contribution < -0.4 is 10.0 Å². The molecule has 0 saturated carbocycles. The van der Waals surface area contributed by atoms with Gasteiger partial charge in [-0.1, -0.05) is 19.8 Å². The predicted octanol–water partition coefficient (Wildman–Crippen LogP) is 1.58. The van der Waals surface area contributed by atoms with Crippen molar-refractivity contribution in [2.75, 3.05) is 13.6 Å². The molecule has 7 heteroatoms. The van der Waals surface area contributed by atoms with Crippen LogP contribution in [0.4, 0.5) is 0 Å². The van der Waals surface area contributed by atoms with Gasteiger partial charge in [-0.3, -0.25) is 4.68 Å². The van der Waals surface area contributed by atoms with E-state index in [2.05, 4.69) is 22.1 Å². The van der Waals surface area contributed by atoms with Gasteiger partial charge in [0, 0.05) is 12.6 Å². The Bertz CT molecular complexity index is 552. The molecule has 1 aromatic heterocycles. The molecule has 122 valence electrons. The highest BCUT2D eigenvalue weighted by molar-refractivity contribution is 7.89. The van der Waals surface area contributed by atoms with Crippen LogP contribution in [0.15, 0.2) is 4.90 Å². The van der Waals surface area contributed by atoms with Crippen molar-refractivity contribution in [3.05, 3.63) is 11.4 Å². The monoisotopic (exact) mass is 316 g/mol. The van der Waals surface area contributed by atoms with Crippen molar-refractivity contribution in [3.63, 3.8) is 0 Å². The van der Waals surface area contributed by atoms with Gasteiger partial charge < -0.3 is 5.32 Å². The van der Waals surface area contributed by atoms with Crippen molar-refractivity contribution in [2.45, 2.75) is 64.4 Å². The fraction of sp³-hybridized carbons (Fsp3) is 0.786. The Labute approximate surface area is 128 Å². The number of unbranched alkanes of at least 4 members (excludes halogenated alkanes) is 1. The molecule has 0 aliphatic heterocycles. The summed E-state index contributed by atoms with van der Waals surface area (Å²) in [6.45, 7) is 8.96. The van der Waals surface area contributed by atoms with Crippen LogP contribution in [0.1, 0.15) is 44.5 Å². The number of hydrogen-bond acceptors (Lipinski definition) is 4. The number of sulfonamides is 1. The lowest BCUT2D eigenvalue weighted by Crippen LogP contribution is -2.33. The van der Waals surface area contributed by atoms with Crippen molar-refractivity contribution >= 4 is 10.0 Å². The molecule has 1 heterocycles. The molecule has 0 saturated heterocycles. The highest BCUT2D eigenvalue weighted by Crippen LogP contribution is 2.20. The van der Waals surface area contributed by atoms with E-state index < -0.39 is 10.0 Å². The molecule has 0 spiro atoms. The van der Waals surface area contributed by atoms with Gasteiger partial charge in [0.05, 0.1) is 17.9 Å². The largest absolute Gasteiger partial charge is 0.318 e. The van der Waals surface area contributed by atoms with Gasteiger partial charge >= 0.3 is 0 Å². The van der Waals surface area contributed by atoms with Gasteiger partial charge in [-0.25, -0.2) is 13.1 Å². The van der Waals surface area contributed by atoms with E-state index in [4.69, 9.17) is 0 Å². The molecule has 0 amide bonds. The first-order chi connectivity index (χ1) is 9.83. The second-order valence-electron chi connectivity index (χ2n) is 5.49. The van der Waals surface area contributed by atoms with E-state index in [9.17, 15) is 8.42 Å². The van der Waals surface area contributed by atoms with Gasteiger partial charge in [-0.15, -0.1) is 0 Å². The lowest BCUT2D eigenvalue weighted by molar-refractivity contribution is 0.532. The van der Waals surface area contributed by atoms with Gasteiger partial charge in [-0.05, 0) is 34.2 Å². The van der Waals surface area contributed by atoms with Gasteiger partial charge in [0.1, 0.15) is 4.90 Å². The molecule has 0 aliphatic rings. The Balaban J connectivity index is 2.95. The summed E-state index contributed by atoms with van der Waals surface area (Å²) in [5.41, 5.74) is 1.25. The molecule has 0 radical (unpaired) electrons. The van der Waals surface area contributed by atoms with Crippen molar-refractivity contribution in [1.29, 1.82) is 0 Å². The summed E-state index contributed by atoms with van der Waals surface area (Å²) in [6.07, 6.45) is 2.93. The van der Waals surface area contributed by atoms with Crippen LogP contribution in [0.2, 0.25) is 0 Å². The normalized spacial score (nSPS) is 13.6. The Morgan fingerprint density at radius 1 is 1.33 bits per heavy atom. The van der Waals surface area contributed by atoms with Crippen LogP contribution in [-0.2, 0) is 16.6 Å². The third kappa shape index (κ3) is 4.79. The minimum Gasteiger partial charge on any atom is -0.318 e. The molecule has 1 unspecified atom stereocenters. The molecule has 0 fully saturated rings. The van der Waals surface area contributed by atoms with Gasteiger partial charge in [0.15, 0.2) is 0 Å². The van der Waals surface area contributed by atoms with Crippen LogP contribution in [0.5, 0.6) is 0 Å². The molecule has 0 aliphatic carbocycles. The average Bonchev–Trinajstić information content (AvgIpc) is 2.68. The summed E-state index contributed by atoms with van der Waals surface area (Å²) in [6, 6.07) is -0.0607. The Hall–Kier alpha value is -0.920. The molecule has 1 rings (SSSR count). The highest BCUT2D eigenvalue weighted by atomic mass is 32.2. The molecule has 1 aromatic rings. The highest BCUT2D eigenvalue weighted by Gasteiger charge is 2.25. The summed E-state index contributed by atoms with van der Waals surface area (Å²) in [5, 5.41) is 7.38. The van der Waals surface area contributed by atoms with Gasteiger partial charge in [0.25, 0.3) is 0 Å². The van der Waals surface area contributed by atoms with Gasteiger partial charge in [-0.2, -0.15) is 5.10 Å². The second kappa shape index (κ2) is 7.91. The van der Waals surface area contributed by atoms with Crippen molar-refractivity contribution in [3.8, 4) is 0 Å². The van der Waals surface area contributed by atoms with E-state index in [1.165, 1.54) is 0 Å². The van der Waals surface area contributed by atoms with E-state index >= 15 is 0 Å². The van der Waals surface area contributed by atoms with Crippen molar-refractivity contribution in [2.24, 2.45) is 0 Å². The molecule has 1 atom stereocenters. The number of hydrogen-bond donors (Lipinski definition) is 2. The minimum atomic E-state index is -3.51. The lowest BCUT2D eigenvalue weighted by atomic mass is 10.2.